The van der Waals surface area contributed by atoms with Crippen molar-refractivity contribution >= 4 is 15.9 Å². The number of hydrogen-bond donors (Lipinski definition) is 1. The maximum Gasteiger partial charge on any atom is 0.161 e. The Morgan fingerprint density at radius 2 is 1.84 bits per heavy atom. The highest BCUT2D eigenvalue weighted by Crippen LogP contribution is 2.38. The molecule has 1 aromatic carbocycles. The molecule has 1 aromatic heterocycles. The Labute approximate surface area is 119 Å². The van der Waals surface area contributed by atoms with Gasteiger partial charge in [-0.2, -0.15) is 0 Å². The van der Waals surface area contributed by atoms with Crippen LogP contribution in [0.4, 0.5) is 0 Å². The van der Waals surface area contributed by atoms with Crippen molar-refractivity contribution in [1.82, 2.24) is 5.16 Å². The zero-order valence-electron chi connectivity index (χ0n) is 10.9. The Morgan fingerprint density at radius 3 is 2.37 bits per heavy atom. The minimum Gasteiger partial charge on any atom is -0.493 e. The summed E-state index contributed by atoms with van der Waals surface area (Å²) < 4.78 is 16.6. The lowest BCUT2D eigenvalue weighted by Gasteiger charge is -2.10. The van der Waals surface area contributed by atoms with Crippen LogP contribution in [0, 0.1) is 0 Å². The van der Waals surface area contributed by atoms with Crippen molar-refractivity contribution in [2.45, 2.75) is 13.0 Å². The van der Waals surface area contributed by atoms with Crippen LogP contribution in [-0.2, 0) is 0 Å². The molecule has 0 aliphatic rings. The van der Waals surface area contributed by atoms with Gasteiger partial charge in [0.1, 0.15) is 5.69 Å². The van der Waals surface area contributed by atoms with E-state index in [1.54, 1.807) is 14.2 Å². The molecule has 0 aliphatic carbocycles. The number of rotatable bonds is 4. The van der Waals surface area contributed by atoms with Crippen molar-refractivity contribution in [1.29, 1.82) is 0 Å². The number of methoxy groups -OCH3 is 2. The molecule has 1 atom stereocenters. The van der Waals surface area contributed by atoms with Gasteiger partial charge in [-0.25, -0.2) is 0 Å². The molecule has 1 heterocycles. The third-order valence-corrected chi connectivity index (χ3v) is 3.38. The van der Waals surface area contributed by atoms with Crippen LogP contribution in [0.3, 0.4) is 0 Å². The van der Waals surface area contributed by atoms with E-state index in [9.17, 15) is 0 Å². The lowest BCUT2D eigenvalue weighted by molar-refractivity contribution is 0.354. The number of aromatic nitrogens is 1. The molecule has 0 saturated heterocycles. The normalized spacial score (nSPS) is 12.3. The van der Waals surface area contributed by atoms with E-state index in [2.05, 4.69) is 21.1 Å². The molecule has 5 nitrogen and oxygen atoms in total. The summed E-state index contributed by atoms with van der Waals surface area (Å²) in [5.41, 5.74) is 7.30. The van der Waals surface area contributed by atoms with Crippen LogP contribution in [0.2, 0.25) is 0 Å². The predicted molar refractivity (Wildman–Crippen MR) is 75.3 cm³/mol. The van der Waals surface area contributed by atoms with E-state index < -0.39 is 0 Å². The summed E-state index contributed by atoms with van der Waals surface area (Å²) in [6.45, 7) is 1.84. The highest BCUT2D eigenvalue weighted by atomic mass is 79.9. The number of ether oxygens (including phenoxy) is 2. The fraction of sp³-hybridized carbons (Fsp3) is 0.308. The van der Waals surface area contributed by atoms with Crippen molar-refractivity contribution in [3.8, 4) is 22.8 Å². The van der Waals surface area contributed by atoms with Gasteiger partial charge in [0.05, 0.1) is 20.3 Å². The van der Waals surface area contributed by atoms with Gasteiger partial charge >= 0.3 is 0 Å². The van der Waals surface area contributed by atoms with Gasteiger partial charge in [0.2, 0.25) is 0 Å². The molecule has 102 valence electrons. The van der Waals surface area contributed by atoms with E-state index in [1.165, 1.54) is 0 Å². The highest BCUT2D eigenvalue weighted by Gasteiger charge is 2.15. The Kier molecular flexibility index (Phi) is 4.11. The third-order valence-electron chi connectivity index (χ3n) is 2.73. The van der Waals surface area contributed by atoms with Crippen LogP contribution in [0.15, 0.2) is 27.2 Å². The van der Waals surface area contributed by atoms with Gasteiger partial charge in [0, 0.05) is 16.1 Å². The molecule has 0 bridgehead atoms. The van der Waals surface area contributed by atoms with Crippen LogP contribution in [0.1, 0.15) is 18.7 Å². The molecule has 2 N–H and O–H groups in total. The minimum absolute atomic E-state index is 0.194. The predicted octanol–water partition coefficient (Wildman–Crippen LogP) is 3.14. The average Bonchev–Trinajstić information content (AvgIpc) is 2.87. The van der Waals surface area contributed by atoms with Crippen molar-refractivity contribution in [2.75, 3.05) is 14.2 Å². The molecule has 19 heavy (non-hydrogen) atoms. The van der Waals surface area contributed by atoms with Crippen molar-refractivity contribution in [3.63, 3.8) is 0 Å². The Balaban J connectivity index is 2.49. The zero-order chi connectivity index (χ0) is 14.0. The molecule has 0 spiro atoms. The minimum atomic E-state index is -0.194. The van der Waals surface area contributed by atoms with Gasteiger partial charge in [-0.3, -0.25) is 0 Å². The highest BCUT2D eigenvalue weighted by molar-refractivity contribution is 9.10. The van der Waals surface area contributed by atoms with E-state index in [1.807, 2.05) is 25.1 Å². The summed E-state index contributed by atoms with van der Waals surface area (Å²) in [7, 11) is 3.18. The summed E-state index contributed by atoms with van der Waals surface area (Å²) >= 11 is 3.49. The summed E-state index contributed by atoms with van der Waals surface area (Å²) in [5, 5.41) is 4.02. The van der Waals surface area contributed by atoms with E-state index in [4.69, 9.17) is 19.7 Å². The Bertz CT molecular complexity index is 581. The number of nitrogens with zero attached hydrogens (tertiary/aromatic N) is 1. The fourth-order valence-corrected chi connectivity index (χ4v) is 2.21. The summed E-state index contributed by atoms with van der Waals surface area (Å²) in [4.78, 5) is 0. The van der Waals surface area contributed by atoms with Crippen LogP contribution in [-0.4, -0.2) is 19.4 Å². The first-order valence-electron chi connectivity index (χ1n) is 5.71. The first kappa shape index (κ1) is 13.9. The van der Waals surface area contributed by atoms with Crippen LogP contribution in [0.25, 0.3) is 11.3 Å². The molecule has 2 aromatic rings. The Hall–Kier alpha value is -1.53. The molecular weight excluding hydrogens is 312 g/mol. The summed E-state index contributed by atoms with van der Waals surface area (Å²) in [6, 6.07) is 5.29. The van der Waals surface area contributed by atoms with Crippen LogP contribution >= 0.6 is 15.9 Å². The summed E-state index contributed by atoms with van der Waals surface area (Å²) in [6.07, 6.45) is 0. The number of hydrogen-bond acceptors (Lipinski definition) is 5. The van der Waals surface area contributed by atoms with E-state index >= 15 is 0 Å². The molecule has 2 rings (SSSR count). The van der Waals surface area contributed by atoms with E-state index in [0.29, 0.717) is 23.0 Å². The zero-order valence-corrected chi connectivity index (χ0v) is 12.5. The number of benzene rings is 1. The van der Waals surface area contributed by atoms with Crippen LogP contribution in [0.5, 0.6) is 11.5 Å². The first-order chi connectivity index (χ1) is 9.06. The molecule has 0 aliphatic heterocycles. The average molecular weight is 327 g/mol. The van der Waals surface area contributed by atoms with Gasteiger partial charge in [-0.15, -0.1) is 0 Å². The second-order valence-electron chi connectivity index (χ2n) is 4.09. The largest absolute Gasteiger partial charge is 0.493 e. The monoisotopic (exact) mass is 326 g/mol. The molecular formula is C13H15BrN2O3. The molecule has 6 heteroatoms. The SMILES string of the molecule is COc1cc(Br)c(-c2cc(C(C)N)on2)cc1OC. The molecule has 0 radical (unpaired) electrons. The quantitative estimate of drug-likeness (QED) is 0.934. The summed E-state index contributed by atoms with van der Waals surface area (Å²) in [5.74, 6) is 1.91. The lowest BCUT2D eigenvalue weighted by Crippen LogP contribution is -2.02. The molecule has 0 fully saturated rings. The topological polar surface area (TPSA) is 70.5 Å². The maximum atomic E-state index is 5.75. The second kappa shape index (κ2) is 5.63. The van der Waals surface area contributed by atoms with E-state index in [0.717, 1.165) is 10.0 Å². The van der Waals surface area contributed by atoms with Gasteiger partial charge in [0.25, 0.3) is 0 Å². The third kappa shape index (κ3) is 2.74. The number of nitrogens with two attached hydrogens (primary N) is 1. The van der Waals surface area contributed by atoms with E-state index in [-0.39, 0.29) is 6.04 Å². The standard InChI is InChI=1S/C13H15BrN2O3/c1-7(15)11-6-10(16-19-11)8-4-12(17-2)13(18-3)5-9(8)14/h4-7H,15H2,1-3H3. The van der Waals surface area contributed by atoms with Gasteiger partial charge < -0.3 is 19.7 Å². The maximum absolute atomic E-state index is 5.75. The van der Waals surface area contributed by atoms with Crippen molar-refractivity contribution < 1.29 is 14.0 Å². The fourth-order valence-electron chi connectivity index (χ4n) is 1.68. The molecule has 0 amide bonds. The van der Waals surface area contributed by atoms with Gasteiger partial charge in [-0.05, 0) is 35.0 Å². The van der Waals surface area contributed by atoms with Crippen molar-refractivity contribution in [3.05, 3.63) is 28.4 Å². The van der Waals surface area contributed by atoms with Gasteiger partial charge in [0.15, 0.2) is 17.3 Å². The lowest BCUT2D eigenvalue weighted by atomic mass is 10.1. The van der Waals surface area contributed by atoms with Gasteiger partial charge in [-0.1, -0.05) is 5.16 Å². The first-order valence-corrected chi connectivity index (χ1v) is 6.50. The molecule has 1 unspecified atom stereocenters. The van der Waals surface area contributed by atoms with Crippen molar-refractivity contribution in [2.24, 2.45) is 5.73 Å². The smallest absolute Gasteiger partial charge is 0.161 e. The second-order valence-corrected chi connectivity index (χ2v) is 4.94. The molecule has 0 saturated carbocycles. The van der Waals surface area contributed by atoms with Crippen LogP contribution < -0.4 is 15.2 Å². The number of halogens is 1. The Morgan fingerprint density at radius 1 is 1.21 bits per heavy atom.